The van der Waals surface area contributed by atoms with Crippen LogP contribution in [0, 0.1) is 0 Å². The van der Waals surface area contributed by atoms with Crippen LogP contribution in [-0.2, 0) is 28.8 Å². The van der Waals surface area contributed by atoms with Crippen LogP contribution in [0.25, 0.3) is 16.7 Å². The molecule has 15 heteroatoms. The maximum absolute atomic E-state index is 12.8. The van der Waals surface area contributed by atoms with Crippen molar-refractivity contribution < 1.29 is 24.5 Å². The van der Waals surface area contributed by atoms with Crippen molar-refractivity contribution in [3.63, 3.8) is 0 Å². The number of carbonyl (C=O) groups excluding carboxylic acids is 1. The topological polar surface area (TPSA) is 186 Å². The molecule has 0 unspecified atom stereocenters. The number of amides is 1. The predicted molar refractivity (Wildman–Crippen MR) is 214 cm³/mol. The third-order valence-corrected chi connectivity index (χ3v) is 10.8. The average molecular weight is 782 g/mol. The minimum Gasteiger partial charge on any atom is -0.497 e. The molecule has 0 saturated carbocycles. The van der Waals surface area contributed by atoms with E-state index in [1.165, 1.54) is 46.2 Å². The van der Waals surface area contributed by atoms with Crippen molar-refractivity contribution in [3.8, 4) is 5.75 Å². The number of nitrogens with one attached hydrogen (secondary N) is 2. The van der Waals surface area contributed by atoms with E-state index in [9.17, 15) is 15.0 Å². The number of imidazole rings is 1. The Morgan fingerprint density at radius 2 is 1.84 bits per heavy atom. The number of hydrogen-bond donors (Lipinski definition) is 5. The van der Waals surface area contributed by atoms with Gasteiger partial charge in [-0.15, -0.1) is 0 Å². The van der Waals surface area contributed by atoms with Crippen molar-refractivity contribution in [1.82, 2.24) is 35.1 Å². The number of ether oxygens (including phenoxy) is 2. The molecule has 5 aromatic rings. The number of pyridine rings is 1. The summed E-state index contributed by atoms with van der Waals surface area (Å²) in [5.41, 5.74) is 16.1. The van der Waals surface area contributed by atoms with Gasteiger partial charge in [-0.1, -0.05) is 41.4 Å². The summed E-state index contributed by atoms with van der Waals surface area (Å²) in [4.78, 5) is 32.2. The number of piperidine rings is 1. The predicted octanol–water partition coefficient (Wildman–Crippen LogP) is 3.23. The molecule has 1 amide bonds. The fourth-order valence-corrected chi connectivity index (χ4v) is 7.85. The SMILES string of the molecule is COc1ccc(C[C@H](N)C(=O)N[C@H]2[C@@H](O)[C@H](n3cnc4c(N(C)C)ncnc43)O[C@@H]2CO)cc1.Clc1ccc2c(c1)CCc1cccnc1C2=C1CCNCC1. The first kappa shape index (κ1) is 39.3. The second kappa shape index (κ2) is 17.5. The standard InChI is InChI=1S/C22H29N7O5.C19H19ClN2/c1-28(2)19-17-20(25-10-24-19)29(11-26-17)22-18(31)16(15(9-30)34-22)27-21(32)14(23)8-12-4-6-13(33-3)7-5-12;20-16-5-6-17-15(12-16)4-3-14-2-1-9-22-19(14)18(17)13-7-10-21-11-8-13/h4-7,10-11,14-16,18,22,30-31H,8-9,23H2,1-3H3,(H,27,32);1-2,5-6,9,12,21H,3-4,7-8,10-11H2/t14-,15+,16+,18+,22+;/m0./s1. The number of fused-ring (bicyclic) bond motifs is 3. The van der Waals surface area contributed by atoms with Crippen LogP contribution in [0.5, 0.6) is 5.75 Å². The largest absolute Gasteiger partial charge is 0.497 e. The van der Waals surface area contributed by atoms with Gasteiger partial charge in [0.25, 0.3) is 0 Å². The number of benzene rings is 2. The number of anilines is 1. The highest BCUT2D eigenvalue weighted by atomic mass is 35.5. The molecule has 1 aliphatic carbocycles. The van der Waals surface area contributed by atoms with Crippen molar-refractivity contribution in [2.24, 2.45) is 5.73 Å². The van der Waals surface area contributed by atoms with Gasteiger partial charge in [-0.3, -0.25) is 14.3 Å². The van der Waals surface area contributed by atoms with Crippen LogP contribution in [0.15, 0.2) is 79.0 Å². The Kier molecular flexibility index (Phi) is 12.2. The van der Waals surface area contributed by atoms with E-state index in [-0.39, 0.29) is 0 Å². The Balaban J connectivity index is 0.000000187. The number of nitrogens with zero attached hydrogens (tertiary/aromatic N) is 6. The van der Waals surface area contributed by atoms with Crippen LogP contribution in [0.3, 0.4) is 0 Å². The summed E-state index contributed by atoms with van der Waals surface area (Å²) in [6, 6.07) is 16.1. The van der Waals surface area contributed by atoms with Gasteiger partial charge in [0.1, 0.15) is 24.3 Å². The summed E-state index contributed by atoms with van der Waals surface area (Å²) in [6.07, 6.45) is 6.44. The van der Waals surface area contributed by atoms with Gasteiger partial charge in [0.2, 0.25) is 5.91 Å². The summed E-state index contributed by atoms with van der Waals surface area (Å²) in [5.74, 6) is 0.861. The zero-order valence-corrected chi connectivity index (χ0v) is 32.5. The van der Waals surface area contributed by atoms with Crippen molar-refractivity contribution in [2.75, 3.05) is 45.8 Å². The number of hydrogen-bond acceptors (Lipinski definition) is 12. The molecule has 0 radical (unpaired) electrons. The summed E-state index contributed by atoms with van der Waals surface area (Å²) >= 11 is 6.23. The molecule has 2 aromatic carbocycles. The Bertz CT molecular complexity index is 2190. The molecule has 3 aliphatic rings. The molecule has 14 nitrogen and oxygen atoms in total. The number of aromatic nitrogens is 5. The minimum atomic E-state index is -1.18. The summed E-state index contributed by atoms with van der Waals surface area (Å²) < 4.78 is 12.6. The van der Waals surface area contributed by atoms with E-state index in [1.807, 2.05) is 44.6 Å². The fraction of sp³-hybridized carbons (Fsp3) is 0.390. The summed E-state index contributed by atoms with van der Waals surface area (Å²) in [6.45, 7) is 1.71. The van der Waals surface area contributed by atoms with Gasteiger partial charge in [-0.05, 0) is 97.8 Å². The number of aliphatic hydroxyl groups excluding tert-OH is 2. The van der Waals surface area contributed by atoms with E-state index >= 15 is 0 Å². The van der Waals surface area contributed by atoms with Gasteiger partial charge in [-0.2, -0.15) is 0 Å². The van der Waals surface area contributed by atoms with Crippen LogP contribution < -0.4 is 26.0 Å². The van der Waals surface area contributed by atoms with E-state index in [0.717, 1.165) is 49.4 Å². The molecule has 294 valence electrons. The number of aliphatic hydroxyl groups is 2. The molecule has 5 heterocycles. The maximum Gasteiger partial charge on any atom is 0.237 e. The zero-order chi connectivity index (χ0) is 39.3. The Morgan fingerprint density at radius 3 is 2.57 bits per heavy atom. The first-order valence-electron chi connectivity index (χ1n) is 18.8. The van der Waals surface area contributed by atoms with E-state index in [4.69, 9.17) is 31.8 Å². The Labute approximate surface area is 330 Å². The smallest absolute Gasteiger partial charge is 0.237 e. The number of carbonyl (C=O) groups is 1. The third kappa shape index (κ3) is 8.26. The molecule has 2 aliphatic heterocycles. The molecule has 3 aromatic heterocycles. The molecule has 8 rings (SSSR count). The lowest BCUT2D eigenvalue weighted by atomic mass is 9.89. The van der Waals surface area contributed by atoms with Gasteiger partial charge >= 0.3 is 0 Å². The zero-order valence-electron chi connectivity index (χ0n) is 31.7. The molecule has 2 fully saturated rings. The van der Waals surface area contributed by atoms with Crippen molar-refractivity contribution in [2.45, 2.75) is 62.6 Å². The average Bonchev–Trinajstić information content (AvgIpc) is 3.73. The van der Waals surface area contributed by atoms with E-state index < -0.39 is 43.0 Å². The van der Waals surface area contributed by atoms with Crippen LogP contribution >= 0.6 is 11.6 Å². The second-order valence-electron chi connectivity index (χ2n) is 14.4. The molecular weight excluding hydrogens is 734 g/mol. The van der Waals surface area contributed by atoms with Gasteiger partial charge in [0.05, 0.1) is 37.8 Å². The summed E-state index contributed by atoms with van der Waals surface area (Å²) in [5, 5.41) is 27.9. The van der Waals surface area contributed by atoms with Crippen LogP contribution in [0.1, 0.15) is 47.0 Å². The molecule has 6 N–H and O–H groups in total. The highest BCUT2D eigenvalue weighted by Gasteiger charge is 2.46. The molecular formula is C41H48ClN9O5. The lowest BCUT2D eigenvalue weighted by molar-refractivity contribution is -0.124. The normalized spacial score (nSPS) is 21.0. The third-order valence-electron chi connectivity index (χ3n) is 10.5. The number of aryl methyl sites for hydroxylation is 2. The van der Waals surface area contributed by atoms with Gasteiger partial charge in [0, 0.05) is 30.9 Å². The number of halogens is 1. The van der Waals surface area contributed by atoms with E-state index in [2.05, 4.69) is 43.8 Å². The number of nitrogens with two attached hydrogens (primary N) is 1. The van der Waals surface area contributed by atoms with Gasteiger partial charge < -0.3 is 41.0 Å². The molecule has 56 heavy (non-hydrogen) atoms. The van der Waals surface area contributed by atoms with Crippen LogP contribution in [0.4, 0.5) is 5.82 Å². The first-order valence-corrected chi connectivity index (χ1v) is 19.2. The lowest BCUT2D eigenvalue weighted by Crippen LogP contribution is -2.53. The molecule has 5 atom stereocenters. The van der Waals surface area contributed by atoms with Crippen LogP contribution in [0.2, 0.25) is 5.02 Å². The van der Waals surface area contributed by atoms with Gasteiger partial charge in [0.15, 0.2) is 23.2 Å². The quantitative estimate of drug-likeness (QED) is 0.155. The lowest BCUT2D eigenvalue weighted by Gasteiger charge is -2.23. The van der Waals surface area contributed by atoms with Gasteiger partial charge in [-0.25, -0.2) is 15.0 Å². The highest BCUT2D eigenvalue weighted by Crippen LogP contribution is 2.38. The number of rotatable bonds is 8. The fourth-order valence-electron chi connectivity index (χ4n) is 7.65. The first-order chi connectivity index (χ1) is 27.2. The number of methoxy groups -OCH3 is 1. The van der Waals surface area contributed by atoms with E-state index in [0.29, 0.717) is 29.2 Å². The molecule has 0 bridgehead atoms. The van der Waals surface area contributed by atoms with E-state index in [1.54, 1.807) is 28.7 Å². The minimum absolute atomic E-state index is 0.295. The van der Waals surface area contributed by atoms with Crippen molar-refractivity contribution in [1.29, 1.82) is 0 Å². The Hall–Kier alpha value is -4.96. The molecule has 2 saturated heterocycles. The Morgan fingerprint density at radius 1 is 1.07 bits per heavy atom. The summed E-state index contributed by atoms with van der Waals surface area (Å²) in [7, 11) is 5.25. The van der Waals surface area contributed by atoms with Crippen LogP contribution in [-0.4, -0.2) is 106 Å². The van der Waals surface area contributed by atoms with Crippen molar-refractivity contribution in [3.05, 3.63) is 112 Å². The maximum atomic E-state index is 12.8. The second-order valence-corrected chi connectivity index (χ2v) is 14.8. The van der Waals surface area contributed by atoms with Crippen molar-refractivity contribution >= 4 is 40.1 Å². The molecule has 0 spiro atoms. The highest BCUT2D eigenvalue weighted by molar-refractivity contribution is 6.30. The monoisotopic (exact) mass is 781 g/mol.